The van der Waals surface area contributed by atoms with Gasteiger partial charge in [0.05, 0.1) is 0 Å². The molecule has 1 nitrogen and oxygen atoms in total. The van der Waals surface area contributed by atoms with Crippen molar-refractivity contribution in [3.63, 3.8) is 0 Å². The summed E-state index contributed by atoms with van der Waals surface area (Å²) in [6.07, 6.45) is 10.7. The molecule has 0 N–H and O–H groups in total. The molecule has 0 radical (unpaired) electrons. The first-order valence-corrected chi connectivity index (χ1v) is 14.0. The van der Waals surface area contributed by atoms with Gasteiger partial charge in [0, 0.05) is 11.1 Å². The lowest BCUT2D eigenvalue weighted by Gasteiger charge is -2.29. The van der Waals surface area contributed by atoms with E-state index in [0.29, 0.717) is 16.9 Å². The highest BCUT2D eigenvalue weighted by Crippen LogP contribution is 2.39. The Labute approximate surface area is 220 Å². The summed E-state index contributed by atoms with van der Waals surface area (Å²) in [6.45, 7) is 4.29. The molecule has 0 amide bonds. The Kier molecular flexibility index (Phi) is 9.71. The largest absolute Gasteiger partial charge is 0.489 e. The second kappa shape index (κ2) is 13.2. The zero-order valence-corrected chi connectivity index (χ0v) is 22.2. The molecule has 3 aromatic carbocycles. The van der Waals surface area contributed by atoms with E-state index in [4.69, 9.17) is 4.74 Å². The molecule has 4 heteroatoms. The summed E-state index contributed by atoms with van der Waals surface area (Å²) in [6, 6.07) is 15.9. The van der Waals surface area contributed by atoms with E-state index >= 15 is 0 Å². The smallest absolute Gasteiger partial charge is 0.165 e. The van der Waals surface area contributed by atoms with Gasteiger partial charge in [-0.2, -0.15) is 0 Å². The van der Waals surface area contributed by atoms with Gasteiger partial charge in [-0.1, -0.05) is 75.9 Å². The molecule has 198 valence electrons. The highest BCUT2D eigenvalue weighted by atomic mass is 19.2. The molecule has 1 fully saturated rings. The van der Waals surface area contributed by atoms with E-state index in [9.17, 15) is 13.2 Å². The number of hydrogen-bond donors (Lipinski definition) is 0. The molecule has 4 rings (SSSR count). The third kappa shape index (κ3) is 6.97. The van der Waals surface area contributed by atoms with E-state index < -0.39 is 11.6 Å². The first-order chi connectivity index (χ1) is 18.0. The van der Waals surface area contributed by atoms with E-state index in [-0.39, 0.29) is 23.9 Å². The van der Waals surface area contributed by atoms with Gasteiger partial charge in [-0.25, -0.2) is 13.2 Å². The van der Waals surface area contributed by atoms with E-state index in [0.717, 1.165) is 68.4 Å². The maximum atomic E-state index is 14.9. The molecule has 1 aliphatic rings. The topological polar surface area (TPSA) is 9.23 Å². The summed E-state index contributed by atoms with van der Waals surface area (Å²) in [5, 5.41) is 0. The summed E-state index contributed by atoms with van der Waals surface area (Å²) in [4.78, 5) is 0. The van der Waals surface area contributed by atoms with Gasteiger partial charge >= 0.3 is 0 Å². The van der Waals surface area contributed by atoms with Crippen LogP contribution in [0.25, 0.3) is 11.1 Å². The summed E-state index contributed by atoms with van der Waals surface area (Å²) in [7, 11) is 0. The minimum absolute atomic E-state index is 0.0631. The van der Waals surface area contributed by atoms with Crippen LogP contribution < -0.4 is 4.74 Å². The van der Waals surface area contributed by atoms with Crippen molar-refractivity contribution in [2.45, 2.75) is 90.6 Å². The molecule has 0 bridgehead atoms. The number of aryl methyl sites for hydroxylation is 1. The Morgan fingerprint density at radius 2 is 1.54 bits per heavy atom. The van der Waals surface area contributed by atoms with Crippen molar-refractivity contribution < 1.29 is 17.9 Å². The van der Waals surface area contributed by atoms with Crippen LogP contribution in [0.3, 0.4) is 0 Å². The predicted octanol–water partition coefficient (Wildman–Crippen LogP) is 10.2. The molecule has 37 heavy (non-hydrogen) atoms. The Balaban J connectivity index is 1.36. The van der Waals surface area contributed by atoms with Crippen LogP contribution in [0.2, 0.25) is 0 Å². The fraction of sp³-hybridized carbons (Fsp3) is 0.455. The zero-order chi connectivity index (χ0) is 26.2. The van der Waals surface area contributed by atoms with Crippen molar-refractivity contribution in [3.05, 3.63) is 88.7 Å². The lowest BCUT2D eigenvalue weighted by Crippen LogP contribution is -2.15. The van der Waals surface area contributed by atoms with Crippen molar-refractivity contribution in [2.75, 3.05) is 0 Å². The van der Waals surface area contributed by atoms with Crippen LogP contribution in [0.4, 0.5) is 13.2 Å². The van der Waals surface area contributed by atoms with Gasteiger partial charge < -0.3 is 4.74 Å². The molecule has 0 spiro atoms. The van der Waals surface area contributed by atoms with Crippen molar-refractivity contribution in [3.8, 4) is 16.9 Å². The summed E-state index contributed by atoms with van der Waals surface area (Å²) < 4.78 is 50.3. The molecule has 0 atom stereocenters. The summed E-state index contributed by atoms with van der Waals surface area (Å²) in [5.74, 6) is -0.442. The molecular weight excluding hydrogens is 469 g/mol. The van der Waals surface area contributed by atoms with Crippen LogP contribution in [0.15, 0.2) is 54.6 Å². The van der Waals surface area contributed by atoms with E-state index in [2.05, 4.69) is 13.8 Å². The van der Waals surface area contributed by atoms with Crippen molar-refractivity contribution >= 4 is 0 Å². The number of benzene rings is 3. The molecule has 0 heterocycles. The number of rotatable bonds is 11. The summed E-state index contributed by atoms with van der Waals surface area (Å²) >= 11 is 0. The molecule has 0 saturated heterocycles. The molecular formula is C33H39F3O. The predicted molar refractivity (Wildman–Crippen MR) is 145 cm³/mol. The van der Waals surface area contributed by atoms with Gasteiger partial charge in [0.2, 0.25) is 0 Å². The van der Waals surface area contributed by atoms with Crippen LogP contribution in [-0.4, -0.2) is 0 Å². The first kappa shape index (κ1) is 27.3. The fourth-order valence-electron chi connectivity index (χ4n) is 5.62. The maximum absolute atomic E-state index is 14.9. The third-order valence-electron chi connectivity index (χ3n) is 7.84. The van der Waals surface area contributed by atoms with Crippen LogP contribution in [0.1, 0.15) is 94.2 Å². The van der Waals surface area contributed by atoms with Gasteiger partial charge in [0.1, 0.15) is 18.2 Å². The Morgan fingerprint density at radius 3 is 2.22 bits per heavy atom. The molecule has 1 aliphatic carbocycles. The maximum Gasteiger partial charge on any atom is 0.165 e. The van der Waals surface area contributed by atoms with Crippen LogP contribution in [-0.2, 0) is 13.0 Å². The number of halogens is 3. The van der Waals surface area contributed by atoms with E-state index in [1.54, 1.807) is 42.5 Å². The highest BCUT2D eigenvalue weighted by molar-refractivity contribution is 5.65. The Hall–Kier alpha value is -2.75. The van der Waals surface area contributed by atoms with Crippen molar-refractivity contribution in [1.29, 1.82) is 0 Å². The molecule has 0 aliphatic heterocycles. The number of ether oxygens (including phenoxy) is 1. The SMILES string of the molecule is CCCCCc1ccc(-c2ccc(OCc3ccc(C4CCC(CCC)CC4)c(F)c3F)cc2)c(F)c1. The lowest BCUT2D eigenvalue weighted by atomic mass is 9.77. The monoisotopic (exact) mass is 508 g/mol. The fourth-order valence-corrected chi connectivity index (χ4v) is 5.62. The average molecular weight is 509 g/mol. The number of hydrogen-bond acceptors (Lipinski definition) is 1. The van der Waals surface area contributed by atoms with Crippen LogP contribution in [0.5, 0.6) is 5.75 Å². The lowest BCUT2D eigenvalue weighted by molar-refractivity contribution is 0.292. The van der Waals surface area contributed by atoms with E-state index in [1.807, 2.05) is 12.1 Å². The molecule has 0 unspecified atom stereocenters. The minimum Gasteiger partial charge on any atom is -0.489 e. The molecule has 1 saturated carbocycles. The van der Waals surface area contributed by atoms with Crippen LogP contribution >= 0.6 is 0 Å². The second-order valence-electron chi connectivity index (χ2n) is 10.5. The molecule has 3 aromatic rings. The van der Waals surface area contributed by atoms with Gasteiger partial charge in [0.25, 0.3) is 0 Å². The number of unbranched alkanes of at least 4 members (excludes halogenated alkanes) is 2. The van der Waals surface area contributed by atoms with Crippen LogP contribution in [0, 0.1) is 23.4 Å². The summed E-state index contributed by atoms with van der Waals surface area (Å²) in [5.41, 5.74) is 3.01. The van der Waals surface area contributed by atoms with Gasteiger partial charge in [0.15, 0.2) is 11.6 Å². The third-order valence-corrected chi connectivity index (χ3v) is 7.84. The standard InChI is InChI=1S/C33H39F3O/c1-3-5-6-8-24-11-19-29(31(34)21-24)25-14-17-28(18-15-25)37-22-27-16-20-30(33(36)32(27)35)26-12-9-23(7-4-2)10-13-26/h11,14-21,23,26H,3-10,12-13,22H2,1-2H3. The Bertz CT molecular complexity index is 1150. The Morgan fingerprint density at radius 1 is 0.784 bits per heavy atom. The van der Waals surface area contributed by atoms with Gasteiger partial charge in [-0.05, 0) is 85.3 Å². The average Bonchev–Trinajstić information content (AvgIpc) is 2.91. The van der Waals surface area contributed by atoms with Crippen molar-refractivity contribution in [2.24, 2.45) is 5.92 Å². The normalized spacial score (nSPS) is 17.6. The zero-order valence-electron chi connectivity index (χ0n) is 22.2. The second-order valence-corrected chi connectivity index (χ2v) is 10.5. The van der Waals surface area contributed by atoms with Gasteiger partial charge in [-0.3, -0.25) is 0 Å². The first-order valence-electron chi connectivity index (χ1n) is 14.0. The molecule has 0 aromatic heterocycles. The van der Waals surface area contributed by atoms with Gasteiger partial charge in [-0.15, -0.1) is 0 Å². The highest BCUT2D eigenvalue weighted by Gasteiger charge is 2.26. The van der Waals surface area contributed by atoms with Crippen molar-refractivity contribution in [1.82, 2.24) is 0 Å². The minimum atomic E-state index is -0.814. The van der Waals surface area contributed by atoms with E-state index in [1.165, 1.54) is 12.8 Å². The quantitative estimate of drug-likeness (QED) is 0.234.